The molecule has 1 aromatic rings. The Morgan fingerprint density at radius 2 is 2.12 bits per heavy atom. The summed E-state index contributed by atoms with van der Waals surface area (Å²) in [5, 5.41) is 2.04. The molecule has 3 heteroatoms. The van der Waals surface area contributed by atoms with Crippen LogP contribution in [0, 0.1) is 12.8 Å². The summed E-state index contributed by atoms with van der Waals surface area (Å²) in [6.45, 7) is 8.37. The molecular weight excluding hydrogens is 230 g/mol. The maximum Gasteiger partial charge on any atom is 0.254 e. The predicted octanol–water partition coefficient (Wildman–Crippen LogP) is 3.49. The van der Waals surface area contributed by atoms with Gasteiger partial charge in [-0.3, -0.25) is 4.79 Å². The first kappa shape index (κ1) is 12.6. The summed E-state index contributed by atoms with van der Waals surface area (Å²) in [5.41, 5.74) is 2.20. The van der Waals surface area contributed by atoms with Gasteiger partial charge in [-0.1, -0.05) is 13.8 Å². The number of aryl methyl sites for hydroxylation is 1. The summed E-state index contributed by atoms with van der Waals surface area (Å²) in [6, 6.07) is 0. The third-order valence-corrected chi connectivity index (χ3v) is 4.71. The molecule has 0 aliphatic carbocycles. The van der Waals surface area contributed by atoms with Crippen molar-refractivity contribution in [3.05, 3.63) is 21.4 Å². The van der Waals surface area contributed by atoms with Gasteiger partial charge in [-0.2, -0.15) is 0 Å². The van der Waals surface area contributed by atoms with Crippen LogP contribution in [0.5, 0.6) is 0 Å². The zero-order valence-corrected chi connectivity index (χ0v) is 11.8. The van der Waals surface area contributed by atoms with Crippen LogP contribution in [0.4, 0.5) is 0 Å². The molecule has 0 bridgehead atoms. The molecule has 94 valence electrons. The lowest BCUT2D eigenvalue weighted by Crippen LogP contribution is -2.38. The van der Waals surface area contributed by atoms with Gasteiger partial charge in [0.25, 0.3) is 5.91 Å². The van der Waals surface area contributed by atoms with E-state index in [1.165, 1.54) is 10.4 Å². The number of piperidine rings is 1. The maximum atomic E-state index is 12.4. The van der Waals surface area contributed by atoms with Gasteiger partial charge in [-0.15, -0.1) is 11.3 Å². The minimum absolute atomic E-state index is 0.248. The van der Waals surface area contributed by atoms with Gasteiger partial charge in [0.15, 0.2) is 0 Å². The Kier molecular flexibility index (Phi) is 3.87. The largest absolute Gasteiger partial charge is 0.339 e. The number of thiophene rings is 1. The number of likely N-dealkylation sites (tertiary alicyclic amines) is 1. The fraction of sp³-hybridized carbons (Fsp3) is 0.643. The zero-order valence-electron chi connectivity index (χ0n) is 11.0. The van der Waals surface area contributed by atoms with Crippen molar-refractivity contribution in [2.24, 2.45) is 5.92 Å². The molecule has 1 aliphatic rings. The highest BCUT2D eigenvalue weighted by Crippen LogP contribution is 2.25. The van der Waals surface area contributed by atoms with Crippen molar-refractivity contribution < 1.29 is 4.79 Å². The van der Waals surface area contributed by atoms with E-state index in [2.05, 4.69) is 20.8 Å². The Labute approximate surface area is 108 Å². The van der Waals surface area contributed by atoms with Crippen molar-refractivity contribution in [2.75, 3.05) is 13.1 Å². The molecule has 17 heavy (non-hydrogen) atoms. The first-order valence-corrected chi connectivity index (χ1v) is 7.37. The molecule has 1 aliphatic heterocycles. The van der Waals surface area contributed by atoms with Gasteiger partial charge in [-0.25, -0.2) is 0 Å². The summed E-state index contributed by atoms with van der Waals surface area (Å²) < 4.78 is 0. The Bertz CT molecular complexity index is 402. The molecule has 1 saturated heterocycles. The van der Waals surface area contributed by atoms with Crippen molar-refractivity contribution in [3.63, 3.8) is 0 Å². The summed E-state index contributed by atoms with van der Waals surface area (Å²) in [7, 11) is 0. The molecule has 0 spiro atoms. The number of carbonyl (C=O) groups excluding carboxylic acids is 1. The normalized spacial score (nSPS) is 17.5. The monoisotopic (exact) mass is 251 g/mol. The summed E-state index contributed by atoms with van der Waals surface area (Å²) in [4.78, 5) is 15.8. The molecule has 2 nitrogen and oxygen atoms in total. The molecule has 0 radical (unpaired) electrons. The van der Waals surface area contributed by atoms with E-state index in [4.69, 9.17) is 0 Å². The average Bonchev–Trinajstić information content (AvgIpc) is 2.70. The van der Waals surface area contributed by atoms with E-state index in [1.807, 2.05) is 10.3 Å². The number of hydrogen-bond acceptors (Lipinski definition) is 2. The third kappa shape index (κ3) is 2.54. The lowest BCUT2D eigenvalue weighted by atomic mass is 9.98. The Hall–Kier alpha value is -0.830. The number of carbonyl (C=O) groups is 1. The SMILES string of the molecule is CCc1c(C(=O)N2CCC(C)CC2)csc1C. The second kappa shape index (κ2) is 5.21. The van der Waals surface area contributed by atoms with Crippen LogP contribution in [0.15, 0.2) is 5.38 Å². The van der Waals surface area contributed by atoms with Crippen LogP contribution in [0.2, 0.25) is 0 Å². The fourth-order valence-corrected chi connectivity index (χ4v) is 3.41. The van der Waals surface area contributed by atoms with E-state index >= 15 is 0 Å². The van der Waals surface area contributed by atoms with Crippen molar-refractivity contribution >= 4 is 17.2 Å². The second-order valence-corrected chi connectivity index (χ2v) is 6.10. The standard InChI is InChI=1S/C14H21NOS/c1-4-12-11(3)17-9-13(12)14(16)15-7-5-10(2)6-8-15/h9-10H,4-8H2,1-3H3. The smallest absolute Gasteiger partial charge is 0.254 e. The van der Waals surface area contributed by atoms with E-state index in [9.17, 15) is 4.79 Å². The predicted molar refractivity (Wildman–Crippen MR) is 72.7 cm³/mol. The Balaban J connectivity index is 2.14. The Morgan fingerprint density at radius 3 is 2.71 bits per heavy atom. The highest BCUT2D eigenvalue weighted by Gasteiger charge is 2.24. The van der Waals surface area contributed by atoms with Crippen LogP contribution < -0.4 is 0 Å². The van der Waals surface area contributed by atoms with E-state index in [1.54, 1.807) is 11.3 Å². The number of nitrogens with zero attached hydrogens (tertiary/aromatic N) is 1. The molecule has 1 aromatic heterocycles. The molecule has 0 saturated carbocycles. The first-order valence-electron chi connectivity index (χ1n) is 6.49. The molecule has 0 unspecified atom stereocenters. The zero-order chi connectivity index (χ0) is 12.4. The summed E-state index contributed by atoms with van der Waals surface area (Å²) in [6.07, 6.45) is 3.26. The average molecular weight is 251 g/mol. The minimum atomic E-state index is 0.248. The molecule has 2 heterocycles. The van der Waals surface area contributed by atoms with Crippen molar-refractivity contribution in [2.45, 2.75) is 40.0 Å². The molecule has 1 amide bonds. The van der Waals surface area contributed by atoms with E-state index in [0.29, 0.717) is 0 Å². The third-order valence-electron chi connectivity index (χ3n) is 3.76. The molecular formula is C14H21NOS. The lowest BCUT2D eigenvalue weighted by Gasteiger charge is -2.30. The number of amides is 1. The van der Waals surface area contributed by atoms with Crippen LogP contribution in [-0.2, 0) is 6.42 Å². The van der Waals surface area contributed by atoms with E-state index in [0.717, 1.165) is 43.8 Å². The van der Waals surface area contributed by atoms with Crippen LogP contribution in [0.3, 0.4) is 0 Å². The van der Waals surface area contributed by atoms with Crippen LogP contribution in [-0.4, -0.2) is 23.9 Å². The molecule has 0 N–H and O–H groups in total. The molecule has 2 rings (SSSR count). The lowest BCUT2D eigenvalue weighted by molar-refractivity contribution is 0.0696. The van der Waals surface area contributed by atoms with Gasteiger partial charge in [0.1, 0.15) is 0 Å². The van der Waals surface area contributed by atoms with E-state index in [-0.39, 0.29) is 5.91 Å². The summed E-state index contributed by atoms with van der Waals surface area (Å²) >= 11 is 1.70. The first-order chi connectivity index (χ1) is 8.13. The van der Waals surface area contributed by atoms with Crippen molar-refractivity contribution in [1.82, 2.24) is 4.90 Å². The molecule has 0 aromatic carbocycles. The van der Waals surface area contributed by atoms with Gasteiger partial charge >= 0.3 is 0 Å². The highest BCUT2D eigenvalue weighted by molar-refractivity contribution is 7.10. The molecule has 1 fully saturated rings. The van der Waals surface area contributed by atoms with Crippen LogP contribution >= 0.6 is 11.3 Å². The Morgan fingerprint density at radius 1 is 1.47 bits per heavy atom. The van der Waals surface area contributed by atoms with Crippen molar-refractivity contribution in [1.29, 1.82) is 0 Å². The van der Waals surface area contributed by atoms with Crippen LogP contribution in [0.25, 0.3) is 0 Å². The quantitative estimate of drug-likeness (QED) is 0.788. The fourth-order valence-electron chi connectivity index (χ4n) is 2.48. The number of hydrogen-bond donors (Lipinski definition) is 0. The van der Waals surface area contributed by atoms with Crippen molar-refractivity contribution in [3.8, 4) is 0 Å². The van der Waals surface area contributed by atoms with Gasteiger partial charge in [-0.05, 0) is 37.7 Å². The summed E-state index contributed by atoms with van der Waals surface area (Å²) in [5.74, 6) is 1.02. The van der Waals surface area contributed by atoms with Gasteiger partial charge in [0.2, 0.25) is 0 Å². The highest BCUT2D eigenvalue weighted by atomic mass is 32.1. The van der Waals surface area contributed by atoms with E-state index < -0.39 is 0 Å². The second-order valence-electron chi connectivity index (χ2n) is 5.01. The van der Waals surface area contributed by atoms with Crippen LogP contribution in [0.1, 0.15) is 47.5 Å². The molecule has 0 atom stereocenters. The minimum Gasteiger partial charge on any atom is -0.339 e. The van der Waals surface area contributed by atoms with Gasteiger partial charge in [0.05, 0.1) is 5.56 Å². The maximum absolute atomic E-state index is 12.4. The van der Waals surface area contributed by atoms with Gasteiger partial charge in [0, 0.05) is 23.3 Å². The number of rotatable bonds is 2. The van der Waals surface area contributed by atoms with Gasteiger partial charge < -0.3 is 4.90 Å². The topological polar surface area (TPSA) is 20.3 Å².